The zero-order chi connectivity index (χ0) is 20.4. The van der Waals surface area contributed by atoms with Crippen LogP contribution in [0.5, 0.6) is 0 Å². The molecule has 0 bridgehead atoms. The molecule has 9 nitrogen and oxygen atoms in total. The fraction of sp³-hybridized carbons (Fsp3) is 0.556. The Bertz CT molecular complexity index is 744. The third-order valence-corrected chi connectivity index (χ3v) is 4.16. The van der Waals surface area contributed by atoms with Crippen LogP contribution in [0.25, 0.3) is 0 Å². The van der Waals surface area contributed by atoms with Gasteiger partial charge in [-0.05, 0) is 33.8 Å². The Hall–Kier alpha value is -2.68. The highest BCUT2D eigenvalue weighted by molar-refractivity contribution is 5.95. The van der Waals surface area contributed by atoms with Crippen molar-refractivity contribution in [3.8, 4) is 0 Å². The van der Waals surface area contributed by atoms with Crippen LogP contribution in [0.4, 0.5) is 11.4 Å². The summed E-state index contributed by atoms with van der Waals surface area (Å²) in [6, 6.07) is 2.65. The highest BCUT2D eigenvalue weighted by Crippen LogP contribution is 2.35. The van der Waals surface area contributed by atoms with Gasteiger partial charge in [0.1, 0.15) is 12.1 Å². The Labute approximate surface area is 158 Å². The molecule has 9 heteroatoms. The largest absolute Gasteiger partial charge is 0.383 e. The van der Waals surface area contributed by atoms with Gasteiger partial charge < -0.3 is 20.3 Å². The van der Waals surface area contributed by atoms with E-state index < -0.39 is 28.5 Å². The molecule has 1 aliphatic heterocycles. The van der Waals surface area contributed by atoms with Crippen LogP contribution >= 0.6 is 0 Å². The summed E-state index contributed by atoms with van der Waals surface area (Å²) in [5, 5.41) is 17.2. The predicted molar refractivity (Wildman–Crippen MR) is 100 cm³/mol. The lowest BCUT2D eigenvalue weighted by molar-refractivity contribution is -0.384. The first-order valence-corrected chi connectivity index (χ1v) is 8.71. The normalized spacial score (nSPS) is 19.7. The predicted octanol–water partition coefficient (Wildman–Crippen LogP) is 1.84. The van der Waals surface area contributed by atoms with Crippen LogP contribution in [0.15, 0.2) is 18.2 Å². The second-order valence-electron chi connectivity index (χ2n) is 7.56. The number of nitro benzene ring substituents is 1. The minimum atomic E-state index is -1.00. The highest BCUT2D eigenvalue weighted by atomic mass is 16.6. The monoisotopic (exact) mass is 378 g/mol. The fourth-order valence-electron chi connectivity index (χ4n) is 3.01. The van der Waals surface area contributed by atoms with Crippen LogP contribution in [0, 0.1) is 10.1 Å². The maximum absolute atomic E-state index is 13.1. The third-order valence-electron chi connectivity index (χ3n) is 4.16. The summed E-state index contributed by atoms with van der Waals surface area (Å²) in [7, 11) is 1.51. The third kappa shape index (κ3) is 4.73. The molecule has 27 heavy (non-hydrogen) atoms. The van der Waals surface area contributed by atoms with Crippen LogP contribution < -0.4 is 10.6 Å². The summed E-state index contributed by atoms with van der Waals surface area (Å²) in [5.41, 5.74) is 0.243. The lowest BCUT2D eigenvalue weighted by atomic mass is 9.99. The zero-order valence-corrected chi connectivity index (χ0v) is 16.2. The van der Waals surface area contributed by atoms with Crippen molar-refractivity contribution in [2.24, 2.45) is 0 Å². The van der Waals surface area contributed by atoms with Gasteiger partial charge in [-0.3, -0.25) is 19.7 Å². The number of hydrogen-bond acceptors (Lipinski definition) is 6. The van der Waals surface area contributed by atoms with E-state index in [1.165, 1.54) is 30.2 Å². The summed E-state index contributed by atoms with van der Waals surface area (Å²) >= 11 is 0. The minimum absolute atomic E-state index is 0.141. The fourth-order valence-corrected chi connectivity index (χ4v) is 3.01. The molecule has 2 atom stereocenters. The molecule has 0 saturated heterocycles. The number of nitrogens with zero attached hydrogens (tertiary/aromatic N) is 2. The van der Waals surface area contributed by atoms with E-state index in [-0.39, 0.29) is 24.7 Å². The Balaban J connectivity index is 2.61. The van der Waals surface area contributed by atoms with Gasteiger partial charge in [0.15, 0.2) is 0 Å². The Morgan fingerprint density at radius 2 is 2.07 bits per heavy atom. The molecule has 2 N–H and O–H groups in total. The van der Waals surface area contributed by atoms with E-state index >= 15 is 0 Å². The maximum atomic E-state index is 13.1. The van der Waals surface area contributed by atoms with Gasteiger partial charge in [0, 0.05) is 42.6 Å². The van der Waals surface area contributed by atoms with Crippen LogP contribution in [-0.2, 0) is 14.3 Å². The molecule has 0 spiro atoms. The highest BCUT2D eigenvalue weighted by Gasteiger charge is 2.39. The van der Waals surface area contributed by atoms with Gasteiger partial charge in [-0.1, -0.05) is 0 Å². The zero-order valence-electron chi connectivity index (χ0n) is 16.2. The number of benzene rings is 1. The SMILES string of the molecule is COCCN1C(=O)[C@H](C)Nc2ccc([N+](=O)[O-])cc2[C@H]1C(=O)NC(C)(C)C. The van der Waals surface area contributed by atoms with Crippen LogP contribution in [0.1, 0.15) is 39.3 Å². The van der Waals surface area contributed by atoms with Crippen LogP contribution in [0.2, 0.25) is 0 Å². The number of nitro groups is 1. The number of rotatable bonds is 5. The summed E-state index contributed by atoms with van der Waals surface area (Å²) in [4.78, 5) is 38.1. The molecule has 1 aromatic carbocycles. The number of nitrogens with one attached hydrogen (secondary N) is 2. The average molecular weight is 378 g/mol. The van der Waals surface area contributed by atoms with Gasteiger partial charge in [-0.25, -0.2) is 0 Å². The molecule has 0 fully saturated rings. The lowest BCUT2D eigenvalue weighted by Crippen LogP contribution is -2.51. The lowest BCUT2D eigenvalue weighted by Gasteiger charge is -2.32. The van der Waals surface area contributed by atoms with Gasteiger partial charge in [0.05, 0.1) is 11.5 Å². The Morgan fingerprint density at radius 3 is 2.63 bits per heavy atom. The van der Waals surface area contributed by atoms with E-state index in [0.717, 1.165) is 0 Å². The number of hydrogen-bond donors (Lipinski definition) is 2. The Kier molecular flexibility index (Phi) is 6.04. The molecular weight excluding hydrogens is 352 g/mol. The molecule has 1 aliphatic rings. The number of non-ortho nitro benzene ring substituents is 1. The first kappa shape index (κ1) is 20.6. The van der Waals surface area contributed by atoms with Gasteiger partial charge in [0.25, 0.3) is 5.69 Å². The van der Waals surface area contributed by atoms with E-state index in [2.05, 4.69) is 10.6 Å². The summed E-state index contributed by atoms with van der Waals surface area (Å²) in [5.74, 6) is -0.676. The second kappa shape index (κ2) is 7.91. The summed E-state index contributed by atoms with van der Waals surface area (Å²) in [6.07, 6.45) is 0. The molecule has 0 aliphatic carbocycles. The van der Waals surface area contributed by atoms with Crippen molar-refractivity contribution in [1.82, 2.24) is 10.2 Å². The van der Waals surface area contributed by atoms with Crippen molar-refractivity contribution < 1.29 is 19.2 Å². The van der Waals surface area contributed by atoms with Crippen LogP contribution in [0.3, 0.4) is 0 Å². The van der Waals surface area contributed by atoms with E-state index in [4.69, 9.17) is 4.74 Å². The number of carbonyl (C=O) groups is 2. The van der Waals surface area contributed by atoms with Crippen molar-refractivity contribution >= 4 is 23.2 Å². The van der Waals surface area contributed by atoms with Gasteiger partial charge >= 0.3 is 0 Å². The number of anilines is 1. The van der Waals surface area contributed by atoms with Gasteiger partial charge in [0.2, 0.25) is 11.8 Å². The van der Waals surface area contributed by atoms with E-state index in [1.807, 2.05) is 20.8 Å². The molecular formula is C18H26N4O5. The standard InChI is InChI=1S/C18H26N4O5/c1-11-17(24)21(8-9-27-5)15(16(23)20-18(2,3)4)13-10-12(22(25)26)6-7-14(13)19-11/h6-7,10-11,15,19H,8-9H2,1-5H3,(H,20,23)/t11-,15-/m0/s1. The number of amides is 2. The number of carbonyl (C=O) groups excluding carboxylic acids is 2. The van der Waals surface area contributed by atoms with E-state index in [0.29, 0.717) is 11.3 Å². The van der Waals surface area contributed by atoms with Crippen molar-refractivity contribution in [2.75, 3.05) is 25.6 Å². The van der Waals surface area contributed by atoms with Crippen molar-refractivity contribution in [3.05, 3.63) is 33.9 Å². The first-order chi connectivity index (χ1) is 12.5. The van der Waals surface area contributed by atoms with Gasteiger partial charge in [-0.15, -0.1) is 0 Å². The number of fused-ring (bicyclic) bond motifs is 1. The quantitative estimate of drug-likeness (QED) is 0.597. The maximum Gasteiger partial charge on any atom is 0.269 e. The molecule has 0 unspecified atom stereocenters. The number of methoxy groups -OCH3 is 1. The van der Waals surface area contributed by atoms with Crippen molar-refractivity contribution in [2.45, 2.75) is 45.3 Å². The van der Waals surface area contributed by atoms with E-state index in [1.54, 1.807) is 6.92 Å². The first-order valence-electron chi connectivity index (χ1n) is 8.71. The molecule has 2 rings (SSSR count). The molecule has 1 aromatic rings. The molecule has 148 valence electrons. The average Bonchev–Trinajstić information content (AvgIpc) is 2.66. The topological polar surface area (TPSA) is 114 Å². The molecule has 0 radical (unpaired) electrons. The molecule has 1 heterocycles. The smallest absolute Gasteiger partial charge is 0.269 e. The Morgan fingerprint density at radius 1 is 1.41 bits per heavy atom. The molecule has 2 amide bonds. The minimum Gasteiger partial charge on any atom is -0.383 e. The van der Waals surface area contributed by atoms with Crippen molar-refractivity contribution in [1.29, 1.82) is 0 Å². The number of ether oxygens (including phenoxy) is 1. The summed E-state index contributed by atoms with van der Waals surface area (Å²) < 4.78 is 5.09. The molecule has 0 aromatic heterocycles. The summed E-state index contributed by atoms with van der Waals surface area (Å²) in [6.45, 7) is 7.61. The second-order valence-corrected chi connectivity index (χ2v) is 7.56. The van der Waals surface area contributed by atoms with E-state index in [9.17, 15) is 19.7 Å². The van der Waals surface area contributed by atoms with Crippen LogP contribution in [-0.4, -0.2) is 53.5 Å². The molecule has 0 saturated carbocycles. The van der Waals surface area contributed by atoms with Gasteiger partial charge in [-0.2, -0.15) is 0 Å². The van der Waals surface area contributed by atoms with Crippen molar-refractivity contribution in [3.63, 3.8) is 0 Å².